The molecule has 0 aromatic heterocycles. The van der Waals surface area contributed by atoms with Gasteiger partial charge in [-0.05, 0) is 42.8 Å². The van der Waals surface area contributed by atoms with E-state index in [4.69, 9.17) is 11.6 Å². The minimum atomic E-state index is -0.640. The number of allylic oxidation sites excluding steroid dienone is 1. The highest BCUT2D eigenvalue weighted by molar-refractivity contribution is 6.31. The predicted molar refractivity (Wildman–Crippen MR) is 108 cm³/mol. The molecule has 0 aliphatic carbocycles. The molecule has 1 aliphatic heterocycles. The molecule has 1 heterocycles. The van der Waals surface area contributed by atoms with Crippen LogP contribution in [-0.2, 0) is 9.59 Å². The topological polar surface area (TPSA) is 99.3 Å². The summed E-state index contributed by atoms with van der Waals surface area (Å²) in [6.45, 7) is 3.09. The molecule has 0 bridgehead atoms. The fraction of sp³-hybridized carbons (Fsp3) is 0.150. The highest BCUT2D eigenvalue weighted by atomic mass is 35.5. The first-order chi connectivity index (χ1) is 13.3. The number of carbonyl (C=O) groups is 3. The molecule has 7 nitrogen and oxygen atoms in total. The lowest BCUT2D eigenvalue weighted by molar-refractivity contribution is -0.114. The van der Waals surface area contributed by atoms with Gasteiger partial charge in [0, 0.05) is 29.0 Å². The van der Waals surface area contributed by atoms with Gasteiger partial charge < -0.3 is 21.3 Å². The van der Waals surface area contributed by atoms with E-state index in [1.807, 2.05) is 0 Å². The standard InChI is InChI=1S/C20H19ClN4O3/c1-11-17(19(27)24-16-5-3-4-14(21)10-16)18(25-20(28)22-11)13-6-8-15(9-7-13)23-12(2)26/h3-10,18H,1-2H3,(H,23,26)(H,24,27)(H2,22,25,28)/t18-/m0/s1. The van der Waals surface area contributed by atoms with E-state index in [9.17, 15) is 14.4 Å². The van der Waals surface area contributed by atoms with Gasteiger partial charge in [0.1, 0.15) is 0 Å². The Bertz CT molecular complexity index is 970. The lowest BCUT2D eigenvalue weighted by Crippen LogP contribution is -2.45. The monoisotopic (exact) mass is 398 g/mol. The molecule has 0 saturated heterocycles. The Hall–Kier alpha value is -3.32. The van der Waals surface area contributed by atoms with Crippen molar-refractivity contribution < 1.29 is 14.4 Å². The lowest BCUT2D eigenvalue weighted by atomic mass is 9.94. The van der Waals surface area contributed by atoms with Gasteiger partial charge in [0.25, 0.3) is 5.91 Å². The average molecular weight is 399 g/mol. The van der Waals surface area contributed by atoms with Crippen LogP contribution in [0.15, 0.2) is 59.8 Å². The van der Waals surface area contributed by atoms with Gasteiger partial charge in [-0.3, -0.25) is 9.59 Å². The Morgan fingerprint density at radius 3 is 2.39 bits per heavy atom. The van der Waals surface area contributed by atoms with Crippen molar-refractivity contribution in [2.24, 2.45) is 0 Å². The van der Waals surface area contributed by atoms with Gasteiger partial charge in [0.15, 0.2) is 0 Å². The SMILES string of the molecule is CC(=O)Nc1ccc([C@@H]2NC(=O)NC(C)=C2C(=O)Nc2cccc(Cl)c2)cc1. The molecule has 0 unspecified atom stereocenters. The molecule has 8 heteroatoms. The van der Waals surface area contributed by atoms with Crippen molar-refractivity contribution in [3.8, 4) is 0 Å². The van der Waals surface area contributed by atoms with Crippen LogP contribution in [0.5, 0.6) is 0 Å². The van der Waals surface area contributed by atoms with Gasteiger partial charge in [-0.15, -0.1) is 0 Å². The Labute approximate surface area is 167 Å². The summed E-state index contributed by atoms with van der Waals surface area (Å²) in [7, 11) is 0. The normalized spacial score (nSPS) is 16.1. The van der Waals surface area contributed by atoms with Crippen LogP contribution in [0.3, 0.4) is 0 Å². The number of urea groups is 1. The van der Waals surface area contributed by atoms with Crippen molar-refractivity contribution in [1.82, 2.24) is 10.6 Å². The number of nitrogens with one attached hydrogen (secondary N) is 4. The van der Waals surface area contributed by atoms with Crippen LogP contribution in [0.2, 0.25) is 5.02 Å². The van der Waals surface area contributed by atoms with Gasteiger partial charge in [-0.2, -0.15) is 0 Å². The molecule has 2 aromatic rings. The van der Waals surface area contributed by atoms with Crippen LogP contribution in [0.4, 0.5) is 16.2 Å². The molecule has 4 N–H and O–H groups in total. The molecule has 28 heavy (non-hydrogen) atoms. The Balaban J connectivity index is 1.90. The number of carbonyl (C=O) groups excluding carboxylic acids is 3. The molecule has 144 valence electrons. The van der Waals surface area contributed by atoms with Gasteiger partial charge in [-0.1, -0.05) is 29.8 Å². The highest BCUT2D eigenvalue weighted by Gasteiger charge is 2.31. The number of hydrogen-bond acceptors (Lipinski definition) is 3. The van der Waals surface area contributed by atoms with Crippen LogP contribution < -0.4 is 21.3 Å². The minimum absolute atomic E-state index is 0.180. The number of hydrogen-bond donors (Lipinski definition) is 4. The van der Waals surface area contributed by atoms with E-state index in [0.717, 1.165) is 0 Å². The second-order valence-electron chi connectivity index (χ2n) is 6.34. The number of benzene rings is 2. The molecule has 0 saturated carbocycles. The van der Waals surface area contributed by atoms with Crippen molar-refractivity contribution >= 4 is 40.8 Å². The second kappa shape index (κ2) is 8.14. The summed E-state index contributed by atoms with van der Waals surface area (Å²) in [6.07, 6.45) is 0. The zero-order valence-corrected chi connectivity index (χ0v) is 16.1. The highest BCUT2D eigenvalue weighted by Crippen LogP contribution is 2.29. The van der Waals surface area contributed by atoms with E-state index in [2.05, 4.69) is 21.3 Å². The number of rotatable bonds is 4. The minimum Gasteiger partial charge on any atom is -0.327 e. The van der Waals surface area contributed by atoms with E-state index in [1.165, 1.54) is 6.92 Å². The molecule has 0 radical (unpaired) electrons. The molecule has 4 amide bonds. The van der Waals surface area contributed by atoms with Gasteiger partial charge in [0.05, 0.1) is 11.6 Å². The Morgan fingerprint density at radius 1 is 1.04 bits per heavy atom. The summed E-state index contributed by atoms with van der Waals surface area (Å²) in [6, 6.07) is 12.7. The smallest absolute Gasteiger partial charge is 0.319 e. The Kier molecular flexibility index (Phi) is 5.65. The fourth-order valence-electron chi connectivity index (χ4n) is 2.97. The van der Waals surface area contributed by atoms with E-state index in [-0.39, 0.29) is 11.8 Å². The maximum atomic E-state index is 12.9. The van der Waals surface area contributed by atoms with Gasteiger partial charge in [-0.25, -0.2) is 4.79 Å². The summed E-state index contributed by atoms with van der Waals surface area (Å²) in [5, 5.41) is 11.4. The molecule has 1 atom stereocenters. The number of halogens is 1. The third kappa shape index (κ3) is 4.50. The first-order valence-corrected chi connectivity index (χ1v) is 8.94. The first kappa shape index (κ1) is 19.4. The van der Waals surface area contributed by atoms with Crippen molar-refractivity contribution in [2.75, 3.05) is 10.6 Å². The third-order valence-electron chi connectivity index (χ3n) is 4.16. The van der Waals surface area contributed by atoms with Crippen LogP contribution >= 0.6 is 11.6 Å². The molecular formula is C20H19ClN4O3. The van der Waals surface area contributed by atoms with Gasteiger partial charge >= 0.3 is 6.03 Å². The van der Waals surface area contributed by atoms with Crippen molar-refractivity contribution in [3.63, 3.8) is 0 Å². The largest absolute Gasteiger partial charge is 0.327 e. The summed E-state index contributed by atoms with van der Waals surface area (Å²) in [5.74, 6) is -0.538. The Morgan fingerprint density at radius 2 is 1.75 bits per heavy atom. The summed E-state index contributed by atoms with van der Waals surface area (Å²) >= 11 is 5.97. The predicted octanol–water partition coefficient (Wildman–Crippen LogP) is 3.57. The zero-order chi connectivity index (χ0) is 20.3. The second-order valence-corrected chi connectivity index (χ2v) is 6.77. The summed E-state index contributed by atoms with van der Waals surface area (Å²) in [4.78, 5) is 36.1. The third-order valence-corrected chi connectivity index (χ3v) is 4.40. The number of anilines is 2. The van der Waals surface area contributed by atoms with Crippen LogP contribution in [0.25, 0.3) is 0 Å². The quantitative estimate of drug-likeness (QED) is 0.633. The number of amides is 4. The van der Waals surface area contributed by atoms with Crippen LogP contribution in [-0.4, -0.2) is 17.8 Å². The van der Waals surface area contributed by atoms with E-state index in [1.54, 1.807) is 55.5 Å². The van der Waals surface area contributed by atoms with Crippen molar-refractivity contribution in [3.05, 3.63) is 70.4 Å². The van der Waals surface area contributed by atoms with Crippen LogP contribution in [0.1, 0.15) is 25.5 Å². The van der Waals surface area contributed by atoms with E-state index < -0.39 is 12.1 Å². The lowest BCUT2D eigenvalue weighted by Gasteiger charge is -2.28. The molecule has 3 rings (SSSR count). The van der Waals surface area contributed by atoms with E-state index >= 15 is 0 Å². The molecule has 1 aliphatic rings. The summed E-state index contributed by atoms with van der Waals surface area (Å²) in [5.41, 5.74) is 2.72. The van der Waals surface area contributed by atoms with E-state index in [0.29, 0.717) is 33.2 Å². The molecular weight excluding hydrogens is 380 g/mol. The maximum Gasteiger partial charge on any atom is 0.319 e. The zero-order valence-electron chi connectivity index (χ0n) is 15.3. The maximum absolute atomic E-state index is 12.9. The van der Waals surface area contributed by atoms with Crippen LogP contribution in [0, 0.1) is 0 Å². The molecule has 0 spiro atoms. The van der Waals surface area contributed by atoms with Crippen molar-refractivity contribution in [2.45, 2.75) is 19.9 Å². The van der Waals surface area contributed by atoms with Crippen molar-refractivity contribution in [1.29, 1.82) is 0 Å². The first-order valence-electron chi connectivity index (χ1n) is 8.56. The molecule has 2 aromatic carbocycles. The fourth-order valence-corrected chi connectivity index (χ4v) is 3.16. The summed E-state index contributed by atoms with van der Waals surface area (Å²) < 4.78 is 0. The molecule has 0 fully saturated rings. The average Bonchev–Trinajstić information content (AvgIpc) is 2.61. The van der Waals surface area contributed by atoms with Gasteiger partial charge in [0.2, 0.25) is 5.91 Å².